The molecule has 0 heteroatoms. The highest BCUT2D eigenvalue weighted by Crippen LogP contribution is 2.52. The molecule has 0 atom stereocenters. The lowest BCUT2D eigenvalue weighted by atomic mass is 9.80. The Bertz CT molecular complexity index is 2230. The van der Waals surface area contributed by atoms with Crippen molar-refractivity contribution in [1.29, 1.82) is 0 Å². The Balaban J connectivity index is 0.000000641. The van der Waals surface area contributed by atoms with E-state index in [-0.39, 0.29) is 5.41 Å². The van der Waals surface area contributed by atoms with Crippen molar-refractivity contribution in [1.82, 2.24) is 0 Å². The van der Waals surface area contributed by atoms with Gasteiger partial charge in [0.15, 0.2) is 0 Å². The molecule has 5 rings (SSSR count). The first-order chi connectivity index (χ1) is 29.6. The van der Waals surface area contributed by atoms with Gasteiger partial charge >= 0.3 is 0 Å². The molecule has 0 saturated carbocycles. The van der Waals surface area contributed by atoms with E-state index in [9.17, 15) is 0 Å². The molecule has 62 heavy (non-hydrogen) atoms. The van der Waals surface area contributed by atoms with Crippen LogP contribution in [0.4, 0.5) is 0 Å². The SMILES string of the molecule is C=C/C(C)=C(\C=C/C)C(/C)=C(CCC)/C(=C\C)Cc1ccc2c(c1)C(C)(C)c1cc(C)c(C=C)c(C=C)c1-2.C=C/C=C(/C)C=C.CC.Cc1ccc(C)cc1.Cc1ccccc1. The summed E-state index contributed by atoms with van der Waals surface area (Å²) in [7, 11) is 0. The third-order valence-electron chi connectivity index (χ3n) is 11.1. The minimum atomic E-state index is -0.0695. The zero-order valence-corrected chi connectivity index (χ0v) is 41.4. The van der Waals surface area contributed by atoms with Crippen LogP contribution in [0.5, 0.6) is 0 Å². The second kappa shape index (κ2) is 28.0. The lowest BCUT2D eigenvalue weighted by Crippen LogP contribution is -2.16. The van der Waals surface area contributed by atoms with E-state index >= 15 is 0 Å². The van der Waals surface area contributed by atoms with Gasteiger partial charge in [-0.25, -0.2) is 0 Å². The van der Waals surface area contributed by atoms with Gasteiger partial charge in [0.25, 0.3) is 0 Å². The number of allylic oxidation sites excluding steroid dienone is 13. The average molecular weight is 825 g/mol. The largest absolute Gasteiger partial charge is 0.0991 e. The maximum atomic E-state index is 4.17. The fraction of sp³-hybridized carbons (Fsp3) is 0.290. The smallest absolute Gasteiger partial charge is 0.0159 e. The van der Waals surface area contributed by atoms with E-state index in [2.05, 4.69) is 188 Å². The highest BCUT2D eigenvalue weighted by molar-refractivity contribution is 5.91. The first-order valence-electron chi connectivity index (χ1n) is 22.4. The third kappa shape index (κ3) is 15.3. The average Bonchev–Trinajstić information content (AvgIpc) is 3.50. The van der Waals surface area contributed by atoms with Gasteiger partial charge in [0.1, 0.15) is 0 Å². The maximum Gasteiger partial charge on any atom is 0.0159 e. The van der Waals surface area contributed by atoms with Crippen LogP contribution < -0.4 is 0 Å². The van der Waals surface area contributed by atoms with E-state index in [1.807, 2.05) is 63.3 Å². The summed E-state index contributed by atoms with van der Waals surface area (Å²) in [6, 6.07) is 28.2. The molecule has 0 aromatic heterocycles. The van der Waals surface area contributed by atoms with Crippen LogP contribution in [-0.4, -0.2) is 0 Å². The molecule has 0 bridgehead atoms. The molecule has 0 spiro atoms. The standard InChI is InChI=1S/C38H46.C8H10.C7H8.C7H10.C2H6/c1-12-18-32(25(7)14-3)27(9)33(19-13-2)29(15-4)23-28-20-21-34-35(24-28)38(10,11)36-22-26(8)30(16-5)31(17-6)37(34)36;1-7-3-5-8(2)6-4-7;1-7-5-3-2-4-6-7;1-4-6-7(3)5-2;1-2/h12,14-18,20-22,24H,3,5-6,13,19,23H2,1-2,4,7-11H3;3-6H,1-2H3;2-6H,1H3;4-6H,1-2H2,3H3;1-2H3/b18-12-,29-15-,32-25+,33-27+;;;7-6-;. The molecule has 1 aliphatic carbocycles. The molecule has 328 valence electrons. The van der Waals surface area contributed by atoms with Gasteiger partial charge in [-0.1, -0.05) is 230 Å². The van der Waals surface area contributed by atoms with Crippen molar-refractivity contribution in [2.45, 2.75) is 122 Å². The van der Waals surface area contributed by atoms with E-state index in [0.29, 0.717) is 0 Å². The molecule has 0 nitrogen and oxygen atoms in total. The van der Waals surface area contributed by atoms with Crippen LogP contribution in [0.3, 0.4) is 0 Å². The van der Waals surface area contributed by atoms with E-state index in [0.717, 1.165) is 24.8 Å². The summed E-state index contributed by atoms with van der Waals surface area (Å²) >= 11 is 0. The van der Waals surface area contributed by atoms with Crippen LogP contribution in [0.15, 0.2) is 188 Å². The summed E-state index contributed by atoms with van der Waals surface area (Å²) in [5, 5.41) is 0. The van der Waals surface area contributed by atoms with Crippen molar-refractivity contribution in [3.8, 4) is 11.1 Å². The number of aryl methyl sites for hydroxylation is 4. The summed E-state index contributed by atoms with van der Waals surface area (Å²) in [6.45, 7) is 49.5. The van der Waals surface area contributed by atoms with Crippen molar-refractivity contribution in [2.75, 3.05) is 0 Å². The van der Waals surface area contributed by atoms with Crippen LogP contribution in [0, 0.1) is 27.7 Å². The van der Waals surface area contributed by atoms with Crippen molar-refractivity contribution < 1.29 is 0 Å². The highest BCUT2D eigenvalue weighted by atomic mass is 14.4. The van der Waals surface area contributed by atoms with Crippen molar-refractivity contribution in [3.63, 3.8) is 0 Å². The summed E-state index contributed by atoms with van der Waals surface area (Å²) < 4.78 is 0. The third-order valence-corrected chi connectivity index (χ3v) is 11.1. The molecular formula is C62H80. The van der Waals surface area contributed by atoms with Gasteiger partial charge in [-0.2, -0.15) is 0 Å². The van der Waals surface area contributed by atoms with E-state index in [1.165, 1.54) is 89.1 Å². The molecule has 0 aliphatic heterocycles. The van der Waals surface area contributed by atoms with Crippen LogP contribution in [0.25, 0.3) is 23.3 Å². The Morgan fingerprint density at radius 1 is 0.677 bits per heavy atom. The Morgan fingerprint density at radius 3 is 1.66 bits per heavy atom. The number of fused-ring (bicyclic) bond motifs is 3. The zero-order chi connectivity index (χ0) is 47.0. The number of hydrogen-bond acceptors (Lipinski definition) is 0. The Labute approximate surface area is 381 Å². The minimum absolute atomic E-state index is 0.0695. The molecular weight excluding hydrogens is 745 g/mol. The first kappa shape index (κ1) is 54.3. The predicted molar refractivity (Wildman–Crippen MR) is 284 cm³/mol. The summed E-state index contributed by atoms with van der Waals surface area (Å²) in [6.07, 6.45) is 21.2. The number of rotatable bonds is 12. The van der Waals surface area contributed by atoms with Gasteiger partial charge < -0.3 is 0 Å². The topological polar surface area (TPSA) is 0 Å². The van der Waals surface area contributed by atoms with Crippen molar-refractivity contribution in [2.24, 2.45) is 0 Å². The van der Waals surface area contributed by atoms with Crippen molar-refractivity contribution in [3.05, 3.63) is 238 Å². The molecule has 4 aromatic carbocycles. The molecule has 0 radical (unpaired) electrons. The van der Waals surface area contributed by atoms with Crippen LogP contribution >= 0.6 is 0 Å². The molecule has 0 N–H and O–H groups in total. The molecule has 1 aliphatic rings. The Morgan fingerprint density at radius 2 is 1.24 bits per heavy atom. The van der Waals surface area contributed by atoms with Gasteiger partial charge in [0.05, 0.1) is 0 Å². The summed E-state index contributed by atoms with van der Waals surface area (Å²) in [5.74, 6) is 0. The molecule has 0 amide bonds. The first-order valence-corrected chi connectivity index (χ1v) is 22.4. The second-order valence-corrected chi connectivity index (χ2v) is 16.2. The normalized spacial score (nSPS) is 13.0. The predicted octanol–water partition coefficient (Wildman–Crippen LogP) is 18.9. The van der Waals surface area contributed by atoms with E-state index < -0.39 is 0 Å². The van der Waals surface area contributed by atoms with E-state index in [4.69, 9.17) is 0 Å². The molecule has 0 fully saturated rings. The van der Waals surface area contributed by atoms with Gasteiger partial charge in [0.2, 0.25) is 0 Å². The van der Waals surface area contributed by atoms with E-state index in [1.54, 1.807) is 12.2 Å². The Kier molecular flexibility index (Phi) is 24.5. The van der Waals surface area contributed by atoms with Crippen molar-refractivity contribution >= 4 is 12.2 Å². The number of hydrogen-bond donors (Lipinski definition) is 0. The summed E-state index contributed by atoms with van der Waals surface area (Å²) in [4.78, 5) is 0. The van der Waals surface area contributed by atoms with Crippen LogP contribution in [0.1, 0.15) is 132 Å². The van der Waals surface area contributed by atoms with Gasteiger partial charge in [-0.3, -0.25) is 0 Å². The molecule has 0 heterocycles. The van der Waals surface area contributed by atoms with Gasteiger partial charge in [0, 0.05) is 5.41 Å². The zero-order valence-electron chi connectivity index (χ0n) is 41.4. The molecule has 0 unspecified atom stereocenters. The quantitative estimate of drug-likeness (QED) is 0.125. The van der Waals surface area contributed by atoms with Crippen LogP contribution in [-0.2, 0) is 11.8 Å². The fourth-order valence-electron chi connectivity index (χ4n) is 7.56. The Hall–Kier alpha value is -5.72. The summed E-state index contributed by atoms with van der Waals surface area (Å²) in [5.41, 5.74) is 22.2. The minimum Gasteiger partial charge on any atom is -0.0991 e. The second-order valence-electron chi connectivity index (χ2n) is 16.2. The molecule has 4 aromatic rings. The van der Waals surface area contributed by atoms with Crippen LogP contribution in [0.2, 0.25) is 0 Å². The monoisotopic (exact) mass is 825 g/mol. The number of benzene rings is 4. The maximum absolute atomic E-state index is 4.17. The lowest BCUT2D eigenvalue weighted by Gasteiger charge is -2.24. The highest BCUT2D eigenvalue weighted by Gasteiger charge is 2.37. The molecule has 0 saturated heterocycles. The van der Waals surface area contributed by atoms with Gasteiger partial charge in [-0.05, 0) is 148 Å². The fourth-order valence-corrected chi connectivity index (χ4v) is 7.56. The van der Waals surface area contributed by atoms with Gasteiger partial charge in [-0.15, -0.1) is 0 Å². The lowest BCUT2D eigenvalue weighted by molar-refractivity contribution is 0.658.